The van der Waals surface area contributed by atoms with Crippen molar-refractivity contribution in [2.45, 2.75) is 52.5 Å². The van der Waals surface area contributed by atoms with Crippen molar-refractivity contribution < 1.29 is 9.53 Å². The van der Waals surface area contributed by atoms with Gasteiger partial charge in [-0.25, -0.2) is 0 Å². The molecule has 1 atom stereocenters. The molecule has 2 aromatic carbocycles. The third-order valence-corrected chi connectivity index (χ3v) is 5.67. The number of carbonyl (C=O) groups is 1. The summed E-state index contributed by atoms with van der Waals surface area (Å²) in [5.41, 5.74) is 4.90. The number of carbonyl (C=O) groups excluding carboxylic acids is 1. The van der Waals surface area contributed by atoms with Crippen LogP contribution in [0.15, 0.2) is 67.0 Å². The predicted octanol–water partition coefficient (Wildman–Crippen LogP) is 5.95. The quantitative estimate of drug-likeness (QED) is 0.361. The minimum Gasteiger partial charge on any atom is -0.469 e. The molecule has 0 saturated heterocycles. The Bertz CT molecular complexity index is 947. The Morgan fingerprint density at radius 2 is 1.74 bits per heavy atom. The van der Waals surface area contributed by atoms with E-state index in [1.807, 2.05) is 16.9 Å². The summed E-state index contributed by atoms with van der Waals surface area (Å²) < 4.78 is 7.12. The molecule has 1 aromatic heterocycles. The van der Waals surface area contributed by atoms with Crippen molar-refractivity contribution in [2.24, 2.45) is 11.8 Å². The monoisotopic (exact) mass is 418 g/mol. The molecule has 1 heterocycles. The van der Waals surface area contributed by atoms with Crippen molar-refractivity contribution in [1.82, 2.24) is 9.78 Å². The number of benzene rings is 2. The van der Waals surface area contributed by atoms with Crippen LogP contribution in [0, 0.1) is 11.8 Å². The summed E-state index contributed by atoms with van der Waals surface area (Å²) in [6.45, 7) is 5.30. The van der Waals surface area contributed by atoms with Crippen LogP contribution < -0.4 is 0 Å². The number of rotatable bonds is 11. The van der Waals surface area contributed by atoms with E-state index >= 15 is 0 Å². The van der Waals surface area contributed by atoms with Crippen LogP contribution in [-0.4, -0.2) is 22.9 Å². The highest BCUT2D eigenvalue weighted by molar-refractivity contribution is 5.72. The Kier molecular flexibility index (Phi) is 8.45. The van der Waals surface area contributed by atoms with Crippen LogP contribution in [0.3, 0.4) is 0 Å². The van der Waals surface area contributed by atoms with E-state index in [-0.39, 0.29) is 11.9 Å². The van der Waals surface area contributed by atoms with Gasteiger partial charge in [0.05, 0.1) is 19.2 Å². The first-order valence-corrected chi connectivity index (χ1v) is 11.3. The zero-order valence-electron chi connectivity index (χ0n) is 19.0. The van der Waals surface area contributed by atoms with Gasteiger partial charge >= 0.3 is 5.97 Å². The summed E-state index contributed by atoms with van der Waals surface area (Å²) in [5.74, 6) is 0.375. The molecule has 0 saturated carbocycles. The van der Waals surface area contributed by atoms with Gasteiger partial charge in [0, 0.05) is 18.3 Å². The highest BCUT2D eigenvalue weighted by Crippen LogP contribution is 2.27. The Morgan fingerprint density at radius 1 is 1.00 bits per heavy atom. The lowest BCUT2D eigenvalue weighted by molar-refractivity contribution is -0.145. The Labute approximate surface area is 186 Å². The fourth-order valence-electron chi connectivity index (χ4n) is 4.07. The van der Waals surface area contributed by atoms with E-state index < -0.39 is 0 Å². The smallest absolute Gasteiger partial charge is 0.308 e. The molecule has 0 fully saturated rings. The molecule has 3 aromatic rings. The second kappa shape index (κ2) is 11.5. The summed E-state index contributed by atoms with van der Waals surface area (Å²) in [6, 6.07) is 18.9. The van der Waals surface area contributed by atoms with Gasteiger partial charge in [-0.1, -0.05) is 68.4 Å². The molecule has 1 unspecified atom stereocenters. The lowest BCUT2D eigenvalue weighted by atomic mass is 9.91. The standard InChI is InChI=1S/C27H34N2O2/c1-21(2)19-29-20-25(18-28-29)26-15-8-7-13-23(26)16-17-24(27(30)31-3)14-9-12-22-10-5-4-6-11-22/h4-8,10-11,13,15,18,20-21,24H,9,12,14,16-17,19H2,1-3H3. The van der Waals surface area contributed by atoms with E-state index in [1.165, 1.54) is 23.8 Å². The van der Waals surface area contributed by atoms with Gasteiger partial charge in [0.1, 0.15) is 0 Å². The first-order chi connectivity index (χ1) is 15.1. The molecule has 0 bridgehead atoms. The van der Waals surface area contributed by atoms with Gasteiger partial charge in [-0.05, 0) is 54.7 Å². The molecule has 0 spiro atoms. The molecule has 31 heavy (non-hydrogen) atoms. The lowest BCUT2D eigenvalue weighted by Crippen LogP contribution is -2.17. The number of esters is 1. The largest absolute Gasteiger partial charge is 0.469 e. The molecule has 0 amide bonds. The van der Waals surface area contributed by atoms with Crippen LogP contribution in [0.2, 0.25) is 0 Å². The molecule has 0 N–H and O–H groups in total. The van der Waals surface area contributed by atoms with Crippen molar-refractivity contribution in [2.75, 3.05) is 7.11 Å². The lowest BCUT2D eigenvalue weighted by Gasteiger charge is -2.16. The molecular weight excluding hydrogens is 384 g/mol. The van der Waals surface area contributed by atoms with Crippen molar-refractivity contribution in [1.29, 1.82) is 0 Å². The number of nitrogens with zero attached hydrogens (tertiary/aromatic N) is 2. The first-order valence-electron chi connectivity index (χ1n) is 11.3. The Morgan fingerprint density at radius 3 is 2.48 bits per heavy atom. The number of aromatic nitrogens is 2. The van der Waals surface area contributed by atoms with Crippen LogP contribution in [-0.2, 0) is 28.9 Å². The van der Waals surface area contributed by atoms with E-state index in [0.29, 0.717) is 5.92 Å². The summed E-state index contributed by atoms with van der Waals surface area (Å²) in [6.07, 6.45) is 8.51. The number of methoxy groups -OCH3 is 1. The first kappa shape index (κ1) is 22.8. The number of aryl methyl sites for hydroxylation is 2. The maximum Gasteiger partial charge on any atom is 0.308 e. The molecule has 164 valence electrons. The number of hydrogen-bond donors (Lipinski definition) is 0. The van der Waals surface area contributed by atoms with Crippen LogP contribution >= 0.6 is 0 Å². The summed E-state index contributed by atoms with van der Waals surface area (Å²) in [4.78, 5) is 12.4. The van der Waals surface area contributed by atoms with Gasteiger partial charge in [-0.2, -0.15) is 5.10 Å². The minimum atomic E-state index is -0.102. The Balaban J connectivity index is 1.64. The van der Waals surface area contributed by atoms with E-state index in [1.54, 1.807) is 0 Å². The zero-order chi connectivity index (χ0) is 22.1. The predicted molar refractivity (Wildman–Crippen MR) is 126 cm³/mol. The molecule has 3 rings (SSSR count). The van der Waals surface area contributed by atoms with Gasteiger partial charge in [0.25, 0.3) is 0 Å². The second-order valence-electron chi connectivity index (χ2n) is 8.64. The van der Waals surface area contributed by atoms with Gasteiger partial charge in [-0.3, -0.25) is 9.48 Å². The van der Waals surface area contributed by atoms with Crippen LogP contribution in [0.25, 0.3) is 11.1 Å². The average Bonchev–Trinajstić information content (AvgIpc) is 3.24. The SMILES string of the molecule is COC(=O)C(CCCc1ccccc1)CCc1ccccc1-c1cnn(CC(C)C)c1. The maximum absolute atomic E-state index is 12.4. The van der Waals surface area contributed by atoms with Gasteiger partial charge in [-0.15, -0.1) is 0 Å². The van der Waals surface area contributed by atoms with Gasteiger partial charge < -0.3 is 4.74 Å². The Hall–Kier alpha value is -2.88. The highest BCUT2D eigenvalue weighted by Gasteiger charge is 2.19. The fourth-order valence-corrected chi connectivity index (χ4v) is 4.07. The third-order valence-electron chi connectivity index (χ3n) is 5.67. The summed E-state index contributed by atoms with van der Waals surface area (Å²) >= 11 is 0. The van der Waals surface area contributed by atoms with Crippen LogP contribution in [0.4, 0.5) is 0 Å². The van der Waals surface area contributed by atoms with Crippen LogP contribution in [0.1, 0.15) is 44.2 Å². The second-order valence-corrected chi connectivity index (χ2v) is 8.64. The average molecular weight is 419 g/mol. The van der Waals surface area contributed by atoms with Crippen molar-refractivity contribution in [3.63, 3.8) is 0 Å². The molecule has 4 nitrogen and oxygen atoms in total. The van der Waals surface area contributed by atoms with E-state index in [9.17, 15) is 4.79 Å². The van der Waals surface area contributed by atoms with E-state index in [0.717, 1.165) is 44.2 Å². The van der Waals surface area contributed by atoms with Crippen molar-refractivity contribution >= 4 is 5.97 Å². The molecule has 4 heteroatoms. The number of ether oxygens (including phenoxy) is 1. The summed E-state index contributed by atoms with van der Waals surface area (Å²) in [5, 5.41) is 4.52. The number of hydrogen-bond acceptors (Lipinski definition) is 3. The third kappa shape index (κ3) is 6.81. The molecule has 0 aliphatic rings. The summed E-state index contributed by atoms with van der Waals surface area (Å²) in [7, 11) is 1.49. The molecule has 0 aliphatic carbocycles. The van der Waals surface area contributed by atoms with Crippen molar-refractivity contribution in [3.05, 3.63) is 78.1 Å². The van der Waals surface area contributed by atoms with Crippen molar-refractivity contribution in [3.8, 4) is 11.1 Å². The van der Waals surface area contributed by atoms with E-state index in [4.69, 9.17) is 4.74 Å². The molecular formula is C27H34N2O2. The van der Waals surface area contributed by atoms with E-state index in [2.05, 4.69) is 73.7 Å². The van der Waals surface area contributed by atoms with Crippen LogP contribution in [0.5, 0.6) is 0 Å². The topological polar surface area (TPSA) is 44.1 Å². The zero-order valence-corrected chi connectivity index (χ0v) is 19.0. The maximum atomic E-state index is 12.4. The fraction of sp³-hybridized carbons (Fsp3) is 0.407. The normalized spacial score (nSPS) is 12.1. The highest BCUT2D eigenvalue weighted by atomic mass is 16.5. The molecule has 0 radical (unpaired) electrons. The minimum absolute atomic E-state index is 0.0783. The van der Waals surface area contributed by atoms with Gasteiger partial charge in [0.15, 0.2) is 0 Å². The molecule has 0 aliphatic heterocycles. The van der Waals surface area contributed by atoms with Gasteiger partial charge in [0.2, 0.25) is 0 Å².